The first-order chi connectivity index (χ1) is 10.3. The number of aryl methyl sites for hydroxylation is 1. The van der Waals surface area contributed by atoms with Crippen LogP contribution in [0, 0.1) is 5.92 Å². The van der Waals surface area contributed by atoms with Gasteiger partial charge < -0.3 is 4.57 Å². The lowest BCUT2D eigenvalue weighted by molar-refractivity contribution is 0.629. The van der Waals surface area contributed by atoms with Crippen molar-refractivity contribution < 1.29 is 0 Å². The molecule has 1 aromatic carbocycles. The Morgan fingerprint density at radius 3 is 2.90 bits per heavy atom. The fourth-order valence-corrected chi connectivity index (χ4v) is 3.55. The number of nitrogens with zero attached hydrogens (tertiary/aromatic N) is 3. The van der Waals surface area contributed by atoms with E-state index in [4.69, 9.17) is 16.6 Å². The summed E-state index contributed by atoms with van der Waals surface area (Å²) in [4.78, 5) is 9.33. The number of halogens is 1. The molecule has 2 atom stereocenters. The summed E-state index contributed by atoms with van der Waals surface area (Å²) in [5, 5.41) is 1.20. The number of imidazole rings is 1. The van der Waals surface area contributed by atoms with Gasteiger partial charge in [0.2, 0.25) is 0 Å². The fourth-order valence-electron chi connectivity index (χ4n) is 3.38. The van der Waals surface area contributed by atoms with Crippen molar-refractivity contribution in [3.63, 3.8) is 0 Å². The maximum atomic E-state index is 5.98. The zero-order valence-electron chi connectivity index (χ0n) is 12.1. The lowest BCUT2D eigenvalue weighted by atomic mass is 10.2. The number of fused-ring (bicyclic) bond motifs is 3. The minimum absolute atomic E-state index is 0.587. The van der Waals surface area contributed by atoms with Crippen LogP contribution in [0.25, 0.3) is 21.9 Å². The van der Waals surface area contributed by atoms with Gasteiger partial charge in [0.1, 0.15) is 11.3 Å². The Kier molecular flexibility index (Phi) is 3.11. The highest BCUT2D eigenvalue weighted by atomic mass is 35.5. The van der Waals surface area contributed by atoms with Gasteiger partial charge in [0.05, 0.1) is 17.2 Å². The molecule has 0 aliphatic heterocycles. The monoisotopic (exact) mass is 299 g/mol. The number of para-hydroxylation sites is 1. The molecule has 21 heavy (non-hydrogen) atoms. The molecule has 0 spiro atoms. The van der Waals surface area contributed by atoms with Crippen molar-refractivity contribution in [2.75, 3.05) is 5.88 Å². The Morgan fingerprint density at radius 1 is 1.29 bits per heavy atom. The predicted molar refractivity (Wildman–Crippen MR) is 86.9 cm³/mol. The highest BCUT2D eigenvalue weighted by Crippen LogP contribution is 2.48. The Balaban J connectivity index is 2.01. The quantitative estimate of drug-likeness (QED) is 0.671. The molecule has 3 nitrogen and oxygen atoms in total. The molecule has 4 rings (SSSR count). The summed E-state index contributed by atoms with van der Waals surface area (Å²) >= 11 is 5.98. The van der Waals surface area contributed by atoms with Gasteiger partial charge >= 0.3 is 0 Å². The van der Waals surface area contributed by atoms with Crippen molar-refractivity contribution in [2.45, 2.75) is 32.2 Å². The molecule has 0 N–H and O–H groups in total. The van der Waals surface area contributed by atoms with Crippen molar-refractivity contribution in [1.29, 1.82) is 0 Å². The van der Waals surface area contributed by atoms with Crippen molar-refractivity contribution in [2.24, 2.45) is 5.92 Å². The van der Waals surface area contributed by atoms with E-state index in [9.17, 15) is 0 Å². The molecule has 2 unspecified atom stereocenters. The van der Waals surface area contributed by atoms with E-state index in [2.05, 4.69) is 34.7 Å². The highest BCUT2D eigenvalue weighted by molar-refractivity contribution is 6.18. The van der Waals surface area contributed by atoms with Crippen LogP contribution >= 0.6 is 11.6 Å². The molecule has 3 aromatic rings. The molecule has 0 amide bonds. The van der Waals surface area contributed by atoms with Crippen molar-refractivity contribution in [3.8, 4) is 0 Å². The van der Waals surface area contributed by atoms with Gasteiger partial charge in [-0.3, -0.25) is 4.98 Å². The van der Waals surface area contributed by atoms with Crippen LogP contribution in [-0.2, 0) is 6.42 Å². The van der Waals surface area contributed by atoms with Gasteiger partial charge in [0, 0.05) is 23.7 Å². The van der Waals surface area contributed by atoms with E-state index in [1.807, 2.05) is 12.3 Å². The largest absolute Gasteiger partial charge is 0.324 e. The Bertz CT molecular complexity index is 808. The van der Waals surface area contributed by atoms with E-state index in [1.54, 1.807) is 0 Å². The number of alkyl halides is 1. The molecule has 2 aromatic heterocycles. The molecule has 0 radical (unpaired) electrons. The van der Waals surface area contributed by atoms with Gasteiger partial charge in [0.15, 0.2) is 0 Å². The maximum Gasteiger partial charge on any atom is 0.111 e. The van der Waals surface area contributed by atoms with Gasteiger partial charge in [-0.05, 0) is 18.4 Å². The number of benzene rings is 1. The third-order valence-corrected chi connectivity index (χ3v) is 4.74. The number of hydrogen-bond donors (Lipinski definition) is 0. The molecule has 1 aliphatic carbocycles. The maximum absolute atomic E-state index is 5.98. The van der Waals surface area contributed by atoms with E-state index >= 15 is 0 Å². The first-order valence-electron chi connectivity index (χ1n) is 7.64. The molecule has 0 saturated heterocycles. The number of aromatic nitrogens is 3. The van der Waals surface area contributed by atoms with E-state index in [0.29, 0.717) is 11.9 Å². The van der Waals surface area contributed by atoms with Crippen LogP contribution in [0.1, 0.15) is 31.6 Å². The summed E-state index contributed by atoms with van der Waals surface area (Å²) in [6.07, 6.45) is 5.20. The smallest absolute Gasteiger partial charge is 0.111 e. The summed E-state index contributed by atoms with van der Waals surface area (Å²) in [5.41, 5.74) is 3.27. The third kappa shape index (κ3) is 2.03. The average molecular weight is 300 g/mol. The SMILES string of the molecule is CCC1CC1n1c(CCCl)nc2cnc3ccccc3c21. The summed E-state index contributed by atoms with van der Waals surface area (Å²) in [6, 6.07) is 8.91. The van der Waals surface area contributed by atoms with Crippen LogP contribution in [-0.4, -0.2) is 20.4 Å². The molecule has 1 saturated carbocycles. The fraction of sp³-hybridized carbons (Fsp3) is 0.412. The van der Waals surface area contributed by atoms with Crippen LogP contribution in [0.3, 0.4) is 0 Å². The molecule has 2 heterocycles. The molecular weight excluding hydrogens is 282 g/mol. The number of hydrogen-bond acceptors (Lipinski definition) is 2. The van der Waals surface area contributed by atoms with E-state index in [0.717, 1.165) is 29.2 Å². The van der Waals surface area contributed by atoms with Gasteiger partial charge in [-0.2, -0.15) is 0 Å². The molecular formula is C17H18ClN3. The van der Waals surface area contributed by atoms with Crippen LogP contribution < -0.4 is 0 Å². The Hall–Kier alpha value is -1.61. The van der Waals surface area contributed by atoms with Gasteiger partial charge in [0.25, 0.3) is 0 Å². The topological polar surface area (TPSA) is 30.7 Å². The molecule has 4 heteroatoms. The summed E-state index contributed by atoms with van der Waals surface area (Å²) in [7, 11) is 0. The standard InChI is InChI=1S/C17H18ClN3/c1-2-11-9-15(11)21-16(7-8-18)20-14-10-19-13-6-4-3-5-12(13)17(14)21/h3-6,10-11,15H,2,7-9H2,1H3. The lowest BCUT2D eigenvalue weighted by Crippen LogP contribution is -2.04. The average Bonchev–Trinajstić information content (AvgIpc) is 3.20. The van der Waals surface area contributed by atoms with Crippen molar-refractivity contribution in [3.05, 3.63) is 36.3 Å². The molecule has 1 aliphatic rings. The predicted octanol–water partition coefficient (Wildman–Crippen LogP) is 4.34. The second-order valence-electron chi connectivity index (χ2n) is 5.82. The van der Waals surface area contributed by atoms with E-state index in [-0.39, 0.29) is 0 Å². The summed E-state index contributed by atoms with van der Waals surface area (Å²) in [6.45, 7) is 2.27. The number of pyridine rings is 1. The zero-order valence-corrected chi connectivity index (χ0v) is 12.8. The van der Waals surface area contributed by atoms with Gasteiger partial charge in [-0.25, -0.2) is 4.98 Å². The van der Waals surface area contributed by atoms with Gasteiger partial charge in [-0.15, -0.1) is 11.6 Å². The second kappa shape index (κ2) is 4.99. The minimum Gasteiger partial charge on any atom is -0.324 e. The van der Waals surface area contributed by atoms with Crippen molar-refractivity contribution >= 4 is 33.5 Å². The van der Waals surface area contributed by atoms with Crippen LogP contribution in [0.15, 0.2) is 30.5 Å². The van der Waals surface area contributed by atoms with E-state index < -0.39 is 0 Å². The van der Waals surface area contributed by atoms with Gasteiger partial charge in [-0.1, -0.05) is 31.5 Å². The Morgan fingerprint density at radius 2 is 2.14 bits per heavy atom. The minimum atomic E-state index is 0.587. The Labute approximate surface area is 129 Å². The van der Waals surface area contributed by atoms with Crippen LogP contribution in [0.5, 0.6) is 0 Å². The first kappa shape index (κ1) is 13.1. The summed E-state index contributed by atoms with van der Waals surface area (Å²) in [5.74, 6) is 2.50. The second-order valence-corrected chi connectivity index (χ2v) is 6.20. The van der Waals surface area contributed by atoms with Crippen LogP contribution in [0.4, 0.5) is 0 Å². The van der Waals surface area contributed by atoms with E-state index in [1.165, 1.54) is 23.7 Å². The number of rotatable bonds is 4. The van der Waals surface area contributed by atoms with Crippen LogP contribution in [0.2, 0.25) is 0 Å². The molecule has 108 valence electrons. The molecule has 1 fully saturated rings. The normalized spacial score (nSPS) is 21.2. The molecule has 0 bridgehead atoms. The lowest BCUT2D eigenvalue weighted by Gasteiger charge is -2.09. The summed E-state index contributed by atoms with van der Waals surface area (Å²) < 4.78 is 2.44. The first-order valence-corrected chi connectivity index (χ1v) is 8.17. The highest BCUT2D eigenvalue weighted by Gasteiger charge is 2.39. The zero-order chi connectivity index (χ0) is 14.4. The third-order valence-electron chi connectivity index (χ3n) is 4.56. The van der Waals surface area contributed by atoms with Crippen molar-refractivity contribution in [1.82, 2.24) is 14.5 Å².